The molecule has 0 amide bonds. The van der Waals surface area contributed by atoms with Crippen LogP contribution in [0.15, 0.2) is 24.3 Å². The topological polar surface area (TPSA) is 33.1 Å². The molecule has 0 saturated carbocycles. The molecule has 0 heterocycles. The first-order chi connectivity index (χ1) is 7.43. The second-order valence-corrected chi connectivity index (χ2v) is 3.23. The lowest BCUT2D eigenvalue weighted by molar-refractivity contribution is -0.137. The quantitative estimate of drug-likeness (QED) is 0.658. The Morgan fingerprint density at radius 3 is 2.53 bits per heavy atom. The van der Waals surface area contributed by atoms with Gasteiger partial charge in [0.25, 0.3) is 0 Å². The van der Waals surface area contributed by atoms with Gasteiger partial charge >= 0.3 is 6.18 Å². The first kappa shape index (κ1) is 15.8. The zero-order chi connectivity index (χ0) is 12.2. The van der Waals surface area contributed by atoms with Gasteiger partial charge < -0.3 is 4.74 Å². The van der Waals surface area contributed by atoms with E-state index in [9.17, 15) is 13.2 Å². The second kappa shape index (κ2) is 6.49. The summed E-state index contributed by atoms with van der Waals surface area (Å²) in [5.41, 5.74) is -0.275. The Kier molecular flexibility index (Phi) is 6.02. The van der Waals surface area contributed by atoms with Crippen molar-refractivity contribution >= 4 is 18.3 Å². The highest BCUT2D eigenvalue weighted by Crippen LogP contribution is 2.29. The lowest BCUT2D eigenvalue weighted by Gasteiger charge is -2.09. The second-order valence-electron chi connectivity index (χ2n) is 3.23. The zero-order valence-electron chi connectivity index (χ0n) is 9.17. The van der Waals surface area contributed by atoms with Gasteiger partial charge in [-0.05, 0) is 18.6 Å². The molecule has 1 aromatic carbocycles. The maximum absolute atomic E-state index is 12.4. The molecule has 0 aromatic heterocycles. The molecule has 2 nitrogen and oxygen atoms in total. The Morgan fingerprint density at radius 2 is 2.00 bits per heavy atom. The molecule has 1 rings (SSSR count). The van der Waals surface area contributed by atoms with Gasteiger partial charge in [0.05, 0.1) is 12.2 Å². The van der Waals surface area contributed by atoms with Gasteiger partial charge in [0.2, 0.25) is 0 Å². The van der Waals surface area contributed by atoms with Gasteiger partial charge in [-0.1, -0.05) is 18.2 Å². The van der Waals surface area contributed by atoms with Crippen LogP contribution in [0.2, 0.25) is 0 Å². The minimum absolute atomic E-state index is 0. The SMILES string of the molecule is CCOC(=N)Cc1cccc(C(F)(F)F)c1.Cl. The van der Waals surface area contributed by atoms with Crippen molar-refractivity contribution in [2.45, 2.75) is 19.5 Å². The third kappa shape index (κ3) is 5.08. The van der Waals surface area contributed by atoms with Gasteiger partial charge in [0.15, 0.2) is 5.90 Å². The van der Waals surface area contributed by atoms with Crippen molar-refractivity contribution in [1.29, 1.82) is 5.41 Å². The van der Waals surface area contributed by atoms with Crippen LogP contribution in [0.5, 0.6) is 0 Å². The minimum Gasteiger partial charge on any atom is -0.481 e. The lowest BCUT2D eigenvalue weighted by atomic mass is 10.1. The van der Waals surface area contributed by atoms with E-state index in [1.54, 1.807) is 13.0 Å². The number of rotatable bonds is 3. The summed E-state index contributed by atoms with van der Waals surface area (Å²) in [6.45, 7) is 2.07. The van der Waals surface area contributed by atoms with Gasteiger partial charge in [0.1, 0.15) is 0 Å². The van der Waals surface area contributed by atoms with Crippen LogP contribution < -0.4 is 0 Å². The summed E-state index contributed by atoms with van der Waals surface area (Å²) in [5, 5.41) is 7.35. The average molecular weight is 268 g/mol. The van der Waals surface area contributed by atoms with Gasteiger partial charge in [-0.3, -0.25) is 5.41 Å². The van der Waals surface area contributed by atoms with E-state index < -0.39 is 11.7 Å². The Bertz CT molecular complexity index is 379. The highest BCUT2D eigenvalue weighted by atomic mass is 35.5. The number of ether oxygens (including phenoxy) is 1. The van der Waals surface area contributed by atoms with Crippen LogP contribution in [0.1, 0.15) is 18.1 Å². The van der Waals surface area contributed by atoms with E-state index in [1.165, 1.54) is 6.07 Å². The molecular formula is C11H13ClF3NO. The number of alkyl halides is 3. The van der Waals surface area contributed by atoms with Crippen molar-refractivity contribution in [2.24, 2.45) is 0 Å². The van der Waals surface area contributed by atoms with Crippen molar-refractivity contribution in [1.82, 2.24) is 0 Å². The molecule has 0 spiro atoms. The van der Waals surface area contributed by atoms with E-state index in [-0.39, 0.29) is 24.7 Å². The van der Waals surface area contributed by atoms with E-state index in [4.69, 9.17) is 10.1 Å². The molecule has 1 N–H and O–H groups in total. The highest BCUT2D eigenvalue weighted by Gasteiger charge is 2.30. The van der Waals surface area contributed by atoms with Gasteiger partial charge in [-0.25, -0.2) is 0 Å². The largest absolute Gasteiger partial charge is 0.481 e. The smallest absolute Gasteiger partial charge is 0.416 e. The van der Waals surface area contributed by atoms with Crippen LogP contribution >= 0.6 is 12.4 Å². The van der Waals surface area contributed by atoms with Gasteiger partial charge in [-0.2, -0.15) is 13.2 Å². The van der Waals surface area contributed by atoms with Crippen molar-refractivity contribution < 1.29 is 17.9 Å². The molecule has 17 heavy (non-hydrogen) atoms. The van der Waals surface area contributed by atoms with Crippen LogP contribution in [-0.2, 0) is 17.3 Å². The summed E-state index contributed by atoms with van der Waals surface area (Å²) >= 11 is 0. The van der Waals surface area contributed by atoms with Gasteiger partial charge in [0, 0.05) is 6.42 Å². The first-order valence-electron chi connectivity index (χ1n) is 4.80. The number of hydrogen-bond acceptors (Lipinski definition) is 2. The predicted octanol–water partition coefficient (Wildman–Crippen LogP) is 3.68. The maximum Gasteiger partial charge on any atom is 0.416 e. The number of halogens is 4. The summed E-state index contributed by atoms with van der Waals surface area (Å²) in [4.78, 5) is 0. The molecule has 0 saturated heterocycles. The van der Waals surface area contributed by atoms with E-state index in [0.29, 0.717) is 12.2 Å². The van der Waals surface area contributed by atoms with Crippen molar-refractivity contribution in [3.63, 3.8) is 0 Å². The normalized spacial score (nSPS) is 10.6. The first-order valence-corrected chi connectivity index (χ1v) is 4.80. The molecule has 6 heteroatoms. The van der Waals surface area contributed by atoms with E-state index >= 15 is 0 Å². The summed E-state index contributed by atoms with van der Waals surface area (Å²) in [6, 6.07) is 4.92. The number of benzene rings is 1. The fourth-order valence-corrected chi connectivity index (χ4v) is 1.27. The Morgan fingerprint density at radius 1 is 1.35 bits per heavy atom. The van der Waals surface area contributed by atoms with Crippen molar-refractivity contribution in [3.8, 4) is 0 Å². The van der Waals surface area contributed by atoms with E-state index in [1.807, 2.05) is 0 Å². The Balaban J connectivity index is 0.00000256. The Labute approximate surface area is 104 Å². The van der Waals surface area contributed by atoms with Crippen LogP contribution in [0.4, 0.5) is 13.2 Å². The number of nitrogens with one attached hydrogen (secondary N) is 1. The standard InChI is InChI=1S/C11H12F3NO.ClH/c1-2-16-10(15)7-8-4-3-5-9(6-8)11(12,13)14;/h3-6,15H,2,7H2,1H3;1H. The summed E-state index contributed by atoms with van der Waals surface area (Å²) < 4.78 is 42.0. The fraction of sp³-hybridized carbons (Fsp3) is 0.364. The number of hydrogen-bond donors (Lipinski definition) is 1. The molecule has 1 aromatic rings. The summed E-state index contributed by atoms with van der Waals surface area (Å²) in [7, 11) is 0. The Hall–Kier alpha value is -1.23. The monoisotopic (exact) mass is 267 g/mol. The molecule has 0 atom stereocenters. The summed E-state index contributed by atoms with van der Waals surface area (Å²) in [6.07, 6.45) is -4.26. The molecule has 0 aliphatic carbocycles. The molecule has 0 unspecified atom stereocenters. The van der Waals surface area contributed by atoms with Crippen LogP contribution in [0.25, 0.3) is 0 Å². The third-order valence-corrected chi connectivity index (χ3v) is 1.94. The molecular weight excluding hydrogens is 255 g/mol. The van der Waals surface area contributed by atoms with Crippen LogP contribution in [0, 0.1) is 5.41 Å². The van der Waals surface area contributed by atoms with E-state index in [2.05, 4.69) is 0 Å². The molecule has 0 bridgehead atoms. The third-order valence-electron chi connectivity index (χ3n) is 1.94. The lowest BCUT2D eigenvalue weighted by Crippen LogP contribution is -2.09. The average Bonchev–Trinajstić information content (AvgIpc) is 2.17. The molecule has 96 valence electrons. The fourth-order valence-electron chi connectivity index (χ4n) is 1.27. The highest BCUT2D eigenvalue weighted by molar-refractivity contribution is 5.85. The predicted molar refractivity (Wildman–Crippen MR) is 61.7 cm³/mol. The van der Waals surface area contributed by atoms with Crippen LogP contribution in [0.3, 0.4) is 0 Å². The van der Waals surface area contributed by atoms with Gasteiger partial charge in [-0.15, -0.1) is 12.4 Å². The zero-order valence-corrected chi connectivity index (χ0v) is 9.99. The molecule has 0 aliphatic rings. The van der Waals surface area contributed by atoms with Crippen molar-refractivity contribution in [2.75, 3.05) is 6.61 Å². The van der Waals surface area contributed by atoms with Crippen molar-refractivity contribution in [3.05, 3.63) is 35.4 Å². The summed E-state index contributed by atoms with van der Waals surface area (Å²) in [5.74, 6) is -0.0261. The molecule has 0 radical (unpaired) electrons. The minimum atomic E-state index is -4.34. The van der Waals surface area contributed by atoms with E-state index in [0.717, 1.165) is 12.1 Å². The van der Waals surface area contributed by atoms with Crippen LogP contribution in [-0.4, -0.2) is 12.5 Å². The molecule has 0 aliphatic heterocycles. The molecule has 0 fully saturated rings. The maximum atomic E-state index is 12.4.